The molecule has 31 heavy (non-hydrogen) atoms. The molecule has 0 bridgehead atoms. The summed E-state index contributed by atoms with van der Waals surface area (Å²) in [5, 5.41) is 5.19. The molecule has 1 aliphatic rings. The highest BCUT2D eigenvalue weighted by molar-refractivity contribution is 7.89. The van der Waals surface area contributed by atoms with Crippen LogP contribution in [0.25, 0.3) is 0 Å². The SMILES string of the molecule is COc1ccc(S(N)(=O)=O)cc1C(=O)N1CCN(C(=O)CCCc2ccccc2)CC1. The average molecular weight is 446 g/mol. The number of piperazine rings is 1. The van der Waals surface area contributed by atoms with Crippen molar-refractivity contribution >= 4 is 21.8 Å². The smallest absolute Gasteiger partial charge is 0.257 e. The van der Waals surface area contributed by atoms with Gasteiger partial charge in [-0.3, -0.25) is 9.59 Å². The average Bonchev–Trinajstić information content (AvgIpc) is 2.78. The van der Waals surface area contributed by atoms with E-state index in [2.05, 4.69) is 0 Å². The minimum Gasteiger partial charge on any atom is -0.496 e. The van der Waals surface area contributed by atoms with Gasteiger partial charge in [-0.25, -0.2) is 13.6 Å². The van der Waals surface area contributed by atoms with E-state index in [1.165, 1.54) is 30.9 Å². The van der Waals surface area contributed by atoms with Crippen LogP contribution in [0.15, 0.2) is 53.4 Å². The Bertz CT molecular complexity index is 1030. The van der Waals surface area contributed by atoms with Gasteiger partial charge in [0.15, 0.2) is 0 Å². The number of carbonyl (C=O) groups excluding carboxylic acids is 2. The summed E-state index contributed by atoms with van der Waals surface area (Å²) in [6, 6.07) is 14.0. The summed E-state index contributed by atoms with van der Waals surface area (Å²) >= 11 is 0. The highest BCUT2D eigenvalue weighted by Crippen LogP contribution is 2.24. The molecule has 2 N–H and O–H groups in total. The van der Waals surface area contributed by atoms with Crippen molar-refractivity contribution in [3.05, 3.63) is 59.7 Å². The fourth-order valence-corrected chi connectivity index (χ4v) is 4.15. The lowest BCUT2D eigenvalue weighted by molar-refractivity contribution is -0.132. The highest BCUT2D eigenvalue weighted by Gasteiger charge is 2.27. The number of methoxy groups -OCH3 is 1. The number of rotatable bonds is 7. The summed E-state index contributed by atoms with van der Waals surface area (Å²) in [7, 11) is -2.53. The summed E-state index contributed by atoms with van der Waals surface area (Å²) in [4.78, 5) is 28.7. The van der Waals surface area contributed by atoms with E-state index in [9.17, 15) is 18.0 Å². The highest BCUT2D eigenvalue weighted by atomic mass is 32.2. The third kappa shape index (κ3) is 5.83. The number of amides is 2. The monoisotopic (exact) mass is 445 g/mol. The van der Waals surface area contributed by atoms with Gasteiger partial charge in [0.2, 0.25) is 15.9 Å². The van der Waals surface area contributed by atoms with Crippen molar-refractivity contribution in [3.8, 4) is 5.75 Å². The van der Waals surface area contributed by atoms with Gasteiger partial charge in [-0.1, -0.05) is 30.3 Å². The number of ether oxygens (including phenoxy) is 1. The molecule has 0 radical (unpaired) electrons. The maximum Gasteiger partial charge on any atom is 0.257 e. The van der Waals surface area contributed by atoms with Crippen molar-refractivity contribution in [2.24, 2.45) is 5.14 Å². The van der Waals surface area contributed by atoms with Crippen LogP contribution in [0, 0.1) is 0 Å². The van der Waals surface area contributed by atoms with E-state index in [4.69, 9.17) is 9.88 Å². The molecule has 1 heterocycles. The molecule has 1 saturated heterocycles. The van der Waals surface area contributed by atoms with Crippen molar-refractivity contribution in [2.45, 2.75) is 24.2 Å². The van der Waals surface area contributed by atoms with E-state index >= 15 is 0 Å². The normalized spacial score (nSPS) is 14.4. The van der Waals surface area contributed by atoms with Gasteiger partial charge in [0.25, 0.3) is 5.91 Å². The number of nitrogens with zero attached hydrogens (tertiary/aromatic N) is 2. The van der Waals surface area contributed by atoms with Crippen LogP contribution in [0.1, 0.15) is 28.8 Å². The molecule has 0 aliphatic carbocycles. The molecule has 0 spiro atoms. The third-order valence-corrected chi connectivity index (χ3v) is 6.26. The molecule has 2 aromatic carbocycles. The Hall–Kier alpha value is -2.91. The fraction of sp³-hybridized carbons (Fsp3) is 0.364. The van der Waals surface area contributed by atoms with Crippen LogP contribution in [0.2, 0.25) is 0 Å². The molecule has 1 fully saturated rings. The van der Waals surface area contributed by atoms with E-state index in [-0.39, 0.29) is 28.0 Å². The topological polar surface area (TPSA) is 110 Å². The number of aryl methyl sites for hydroxylation is 1. The van der Waals surface area contributed by atoms with E-state index in [1.807, 2.05) is 30.3 Å². The minimum atomic E-state index is -3.94. The quantitative estimate of drug-likeness (QED) is 0.697. The molecule has 0 aromatic heterocycles. The van der Waals surface area contributed by atoms with Gasteiger partial charge < -0.3 is 14.5 Å². The maximum absolute atomic E-state index is 13.0. The van der Waals surface area contributed by atoms with Crippen LogP contribution in [-0.2, 0) is 21.2 Å². The number of nitrogens with two attached hydrogens (primary N) is 1. The summed E-state index contributed by atoms with van der Waals surface area (Å²) in [6.45, 7) is 1.61. The van der Waals surface area contributed by atoms with Crippen LogP contribution < -0.4 is 9.88 Å². The lowest BCUT2D eigenvalue weighted by atomic mass is 10.1. The first-order chi connectivity index (χ1) is 14.8. The second kappa shape index (κ2) is 9.93. The number of primary sulfonamides is 1. The van der Waals surface area contributed by atoms with E-state index in [0.717, 1.165) is 12.8 Å². The Morgan fingerprint density at radius 1 is 1.00 bits per heavy atom. The van der Waals surface area contributed by atoms with E-state index < -0.39 is 10.0 Å². The maximum atomic E-state index is 13.0. The number of sulfonamides is 1. The van der Waals surface area contributed by atoms with E-state index in [1.54, 1.807) is 9.80 Å². The van der Waals surface area contributed by atoms with Crippen LogP contribution in [-0.4, -0.2) is 63.3 Å². The Morgan fingerprint density at radius 2 is 1.65 bits per heavy atom. The molecule has 0 unspecified atom stereocenters. The van der Waals surface area contributed by atoms with Crippen LogP contribution >= 0.6 is 0 Å². The molecule has 1 aliphatic heterocycles. The zero-order valence-electron chi connectivity index (χ0n) is 17.5. The third-order valence-electron chi connectivity index (χ3n) is 5.35. The Balaban J connectivity index is 1.56. The molecule has 3 rings (SSSR count). The molecule has 0 saturated carbocycles. The molecular formula is C22H27N3O5S. The summed E-state index contributed by atoms with van der Waals surface area (Å²) in [5.74, 6) is 0.00665. The summed E-state index contributed by atoms with van der Waals surface area (Å²) in [6.07, 6.45) is 2.10. The molecule has 2 aromatic rings. The molecule has 0 atom stereocenters. The summed E-state index contributed by atoms with van der Waals surface area (Å²) in [5.41, 5.74) is 1.35. The minimum absolute atomic E-state index is 0.0804. The molecule has 2 amide bonds. The van der Waals surface area contributed by atoms with Crippen molar-refractivity contribution in [2.75, 3.05) is 33.3 Å². The van der Waals surface area contributed by atoms with Crippen LogP contribution in [0.5, 0.6) is 5.75 Å². The molecular weight excluding hydrogens is 418 g/mol. The first kappa shape index (κ1) is 22.8. The van der Waals surface area contributed by atoms with E-state index in [0.29, 0.717) is 32.6 Å². The summed E-state index contributed by atoms with van der Waals surface area (Å²) < 4.78 is 28.5. The van der Waals surface area contributed by atoms with Gasteiger partial charge in [-0.15, -0.1) is 0 Å². The molecule has 166 valence electrons. The second-order valence-corrected chi connectivity index (χ2v) is 8.98. The van der Waals surface area contributed by atoms with Gasteiger partial charge in [0, 0.05) is 32.6 Å². The van der Waals surface area contributed by atoms with Crippen molar-refractivity contribution in [1.82, 2.24) is 9.80 Å². The van der Waals surface area contributed by atoms with Gasteiger partial charge in [-0.2, -0.15) is 0 Å². The lowest BCUT2D eigenvalue weighted by Crippen LogP contribution is -2.50. The zero-order valence-corrected chi connectivity index (χ0v) is 18.3. The zero-order chi connectivity index (χ0) is 22.4. The Kier molecular flexibility index (Phi) is 7.29. The fourth-order valence-electron chi connectivity index (χ4n) is 3.61. The van der Waals surface area contributed by atoms with Gasteiger partial charge >= 0.3 is 0 Å². The van der Waals surface area contributed by atoms with Crippen LogP contribution in [0.3, 0.4) is 0 Å². The largest absolute Gasteiger partial charge is 0.496 e. The van der Waals surface area contributed by atoms with Crippen molar-refractivity contribution < 1.29 is 22.7 Å². The predicted molar refractivity (Wildman–Crippen MR) is 116 cm³/mol. The number of hydrogen-bond acceptors (Lipinski definition) is 5. The first-order valence-electron chi connectivity index (χ1n) is 10.1. The number of benzene rings is 2. The Morgan fingerprint density at radius 3 is 2.26 bits per heavy atom. The first-order valence-corrected chi connectivity index (χ1v) is 11.7. The Labute approximate surface area is 182 Å². The number of hydrogen-bond donors (Lipinski definition) is 1. The van der Waals surface area contributed by atoms with Gasteiger partial charge in [0.05, 0.1) is 17.6 Å². The lowest BCUT2D eigenvalue weighted by Gasteiger charge is -2.35. The van der Waals surface area contributed by atoms with Crippen molar-refractivity contribution in [1.29, 1.82) is 0 Å². The second-order valence-electron chi connectivity index (χ2n) is 7.42. The van der Waals surface area contributed by atoms with Crippen LogP contribution in [0.4, 0.5) is 0 Å². The number of carbonyl (C=O) groups is 2. The van der Waals surface area contributed by atoms with Crippen molar-refractivity contribution in [3.63, 3.8) is 0 Å². The van der Waals surface area contributed by atoms with Gasteiger partial charge in [-0.05, 0) is 36.6 Å². The van der Waals surface area contributed by atoms with Gasteiger partial charge in [0.1, 0.15) is 5.75 Å². The standard InChI is InChI=1S/C22H27N3O5S/c1-30-20-11-10-18(31(23,28)29)16-19(20)22(27)25-14-12-24(13-15-25)21(26)9-5-8-17-6-3-2-4-7-17/h2-4,6-7,10-11,16H,5,8-9,12-15H2,1H3,(H2,23,28,29). The predicted octanol–water partition coefficient (Wildman–Crippen LogP) is 1.65. The molecule has 9 heteroatoms. The molecule has 8 nitrogen and oxygen atoms in total.